The first-order valence-electron chi connectivity index (χ1n) is 6.54. The van der Waals surface area contributed by atoms with Gasteiger partial charge in [-0.25, -0.2) is 4.98 Å². The van der Waals surface area contributed by atoms with E-state index in [1.54, 1.807) is 0 Å². The maximum Gasteiger partial charge on any atom is 0.0709 e. The number of alkyl halides is 1. The number of hydrogen-bond acceptors (Lipinski definition) is 1. The average Bonchev–Trinajstić information content (AvgIpc) is 2.53. The van der Waals surface area contributed by atoms with E-state index >= 15 is 0 Å². The number of hydrogen-bond donors (Lipinski definition) is 0. The summed E-state index contributed by atoms with van der Waals surface area (Å²) in [5, 5.41) is 1.16. The molecule has 0 aliphatic rings. The molecular weight excluding hydrogens is 266 g/mol. The number of nitrogens with zero attached hydrogens (tertiary/aromatic N) is 1. The van der Waals surface area contributed by atoms with Crippen molar-refractivity contribution in [2.45, 2.75) is 5.88 Å². The predicted octanol–water partition coefficient (Wildman–Crippen LogP) is 5.14. The molecule has 0 saturated heterocycles. The molecule has 2 heteroatoms. The summed E-state index contributed by atoms with van der Waals surface area (Å²) in [6.45, 7) is 0. The second kappa shape index (κ2) is 5.89. The molecule has 3 rings (SSSR count). The summed E-state index contributed by atoms with van der Waals surface area (Å²) < 4.78 is 0. The van der Waals surface area contributed by atoms with Gasteiger partial charge in [-0.15, -0.1) is 11.6 Å². The van der Waals surface area contributed by atoms with Crippen molar-refractivity contribution in [3.05, 3.63) is 77.5 Å². The van der Waals surface area contributed by atoms with E-state index < -0.39 is 0 Å². The van der Waals surface area contributed by atoms with Crippen molar-refractivity contribution >= 4 is 34.7 Å². The highest BCUT2D eigenvalue weighted by molar-refractivity contribution is 6.17. The number of rotatable bonds is 3. The maximum atomic E-state index is 5.78. The molecule has 3 aromatic rings. The van der Waals surface area contributed by atoms with Crippen LogP contribution < -0.4 is 0 Å². The van der Waals surface area contributed by atoms with Crippen LogP contribution in [0.25, 0.3) is 23.1 Å². The maximum absolute atomic E-state index is 5.78. The highest BCUT2D eigenvalue weighted by Crippen LogP contribution is 2.14. The Morgan fingerprint density at radius 3 is 2.45 bits per heavy atom. The minimum Gasteiger partial charge on any atom is -0.248 e. The quantitative estimate of drug-likeness (QED) is 0.605. The number of pyridine rings is 1. The van der Waals surface area contributed by atoms with Crippen LogP contribution >= 0.6 is 11.6 Å². The molecular formula is C18H14ClN. The van der Waals surface area contributed by atoms with Gasteiger partial charge in [0.15, 0.2) is 0 Å². The van der Waals surface area contributed by atoms with Crippen molar-refractivity contribution < 1.29 is 0 Å². The van der Waals surface area contributed by atoms with Crippen LogP contribution in [0, 0.1) is 0 Å². The van der Waals surface area contributed by atoms with Gasteiger partial charge in [-0.1, -0.05) is 54.6 Å². The zero-order valence-electron chi connectivity index (χ0n) is 11.0. The fraction of sp³-hybridized carbons (Fsp3) is 0.0556. The zero-order valence-corrected chi connectivity index (χ0v) is 11.7. The molecule has 0 unspecified atom stereocenters. The van der Waals surface area contributed by atoms with Crippen LogP contribution in [0.4, 0.5) is 0 Å². The first kappa shape index (κ1) is 12.9. The molecule has 0 aliphatic carbocycles. The Morgan fingerprint density at radius 1 is 0.850 bits per heavy atom. The topological polar surface area (TPSA) is 12.9 Å². The van der Waals surface area contributed by atoms with Crippen LogP contribution in [0.5, 0.6) is 0 Å². The van der Waals surface area contributed by atoms with Crippen molar-refractivity contribution in [1.82, 2.24) is 4.98 Å². The van der Waals surface area contributed by atoms with Crippen LogP contribution in [-0.4, -0.2) is 4.98 Å². The number of fused-ring (bicyclic) bond motifs is 1. The largest absolute Gasteiger partial charge is 0.248 e. The van der Waals surface area contributed by atoms with Crippen LogP contribution in [0.2, 0.25) is 0 Å². The second-order valence-corrected chi connectivity index (χ2v) is 4.90. The van der Waals surface area contributed by atoms with Gasteiger partial charge in [0.2, 0.25) is 0 Å². The third-order valence-corrected chi connectivity index (χ3v) is 3.51. The molecule has 0 radical (unpaired) electrons. The van der Waals surface area contributed by atoms with Crippen molar-refractivity contribution in [2.75, 3.05) is 0 Å². The molecule has 0 saturated carbocycles. The highest BCUT2D eigenvalue weighted by Gasteiger charge is 1.95. The van der Waals surface area contributed by atoms with Crippen molar-refractivity contribution in [3.63, 3.8) is 0 Å². The summed E-state index contributed by atoms with van der Waals surface area (Å²) in [6, 6.07) is 20.5. The first-order valence-corrected chi connectivity index (χ1v) is 7.07. The summed E-state index contributed by atoms with van der Waals surface area (Å²) in [7, 11) is 0. The molecule has 0 N–H and O–H groups in total. The third kappa shape index (κ3) is 2.89. The molecule has 1 aromatic heterocycles. The molecule has 20 heavy (non-hydrogen) atoms. The van der Waals surface area contributed by atoms with E-state index in [2.05, 4.69) is 35.3 Å². The van der Waals surface area contributed by atoms with Gasteiger partial charge in [0.05, 0.1) is 11.2 Å². The van der Waals surface area contributed by atoms with Gasteiger partial charge in [-0.3, -0.25) is 0 Å². The average molecular weight is 280 g/mol. The minimum absolute atomic E-state index is 0.552. The molecule has 0 bridgehead atoms. The molecule has 0 amide bonds. The van der Waals surface area contributed by atoms with E-state index in [1.165, 1.54) is 0 Å². The molecule has 1 heterocycles. The second-order valence-electron chi connectivity index (χ2n) is 4.64. The number of para-hydroxylation sites is 1. The summed E-state index contributed by atoms with van der Waals surface area (Å²) in [4.78, 5) is 4.62. The lowest BCUT2D eigenvalue weighted by atomic mass is 10.1. The Kier molecular flexibility index (Phi) is 3.80. The van der Waals surface area contributed by atoms with E-state index in [1.807, 2.05) is 42.5 Å². The monoisotopic (exact) mass is 279 g/mol. The van der Waals surface area contributed by atoms with Gasteiger partial charge in [0.25, 0.3) is 0 Å². The lowest BCUT2D eigenvalue weighted by Gasteiger charge is -1.99. The molecule has 0 fully saturated rings. The Morgan fingerprint density at radius 2 is 1.65 bits per heavy atom. The Hall–Kier alpha value is -2.12. The van der Waals surface area contributed by atoms with Gasteiger partial charge in [-0.05, 0) is 29.3 Å². The number of benzene rings is 2. The smallest absolute Gasteiger partial charge is 0.0709 e. The fourth-order valence-electron chi connectivity index (χ4n) is 2.07. The molecule has 0 spiro atoms. The highest BCUT2D eigenvalue weighted by atomic mass is 35.5. The van der Waals surface area contributed by atoms with E-state index in [9.17, 15) is 0 Å². The van der Waals surface area contributed by atoms with Gasteiger partial charge < -0.3 is 0 Å². The van der Waals surface area contributed by atoms with Gasteiger partial charge >= 0.3 is 0 Å². The molecule has 0 aliphatic heterocycles. The van der Waals surface area contributed by atoms with Gasteiger partial charge in [0, 0.05) is 11.3 Å². The van der Waals surface area contributed by atoms with Gasteiger partial charge in [0.1, 0.15) is 0 Å². The van der Waals surface area contributed by atoms with E-state index in [-0.39, 0.29) is 0 Å². The van der Waals surface area contributed by atoms with Crippen LogP contribution in [-0.2, 0) is 5.88 Å². The van der Waals surface area contributed by atoms with Crippen molar-refractivity contribution in [2.24, 2.45) is 0 Å². The zero-order chi connectivity index (χ0) is 13.8. The predicted molar refractivity (Wildman–Crippen MR) is 86.7 cm³/mol. The van der Waals surface area contributed by atoms with E-state index in [0.29, 0.717) is 5.88 Å². The molecule has 0 atom stereocenters. The van der Waals surface area contributed by atoms with E-state index in [4.69, 9.17) is 11.6 Å². The van der Waals surface area contributed by atoms with Crippen LogP contribution in [0.15, 0.2) is 60.7 Å². The normalized spacial score (nSPS) is 11.2. The lowest BCUT2D eigenvalue weighted by molar-refractivity contribution is 1.37. The first-order chi connectivity index (χ1) is 9.85. The van der Waals surface area contributed by atoms with Crippen LogP contribution in [0.1, 0.15) is 16.8 Å². The van der Waals surface area contributed by atoms with Crippen molar-refractivity contribution in [3.8, 4) is 0 Å². The standard InChI is InChI=1S/C18H14ClN/c19-13-15-7-5-14(6-8-15)9-11-17-12-10-16-3-1-2-4-18(16)20-17/h1-12H,13H2. The Bertz CT molecular complexity index is 745. The number of aromatic nitrogens is 1. The number of halogens is 1. The molecule has 98 valence electrons. The molecule has 1 nitrogen and oxygen atoms in total. The Balaban J connectivity index is 1.85. The fourth-order valence-corrected chi connectivity index (χ4v) is 2.25. The summed E-state index contributed by atoms with van der Waals surface area (Å²) in [5.41, 5.74) is 4.26. The molecule has 2 aromatic carbocycles. The SMILES string of the molecule is ClCc1ccc(C=Cc2ccc3ccccc3n2)cc1. The summed E-state index contributed by atoms with van der Waals surface area (Å²) in [6.07, 6.45) is 4.09. The minimum atomic E-state index is 0.552. The van der Waals surface area contributed by atoms with Crippen molar-refractivity contribution in [1.29, 1.82) is 0 Å². The lowest BCUT2D eigenvalue weighted by Crippen LogP contribution is -1.82. The van der Waals surface area contributed by atoms with Gasteiger partial charge in [-0.2, -0.15) is 0 Å². The van der Waals surface area contributed by atoms with E-state index in [0.717, 1.165) is 27.7 Å². The van der Waals surface area contributed by atoms with Crippen LogP contribution in [0.3, 0.4) is 0 Å². The summed E-state index contributed by atoms with van der Waals surface area (Å²) in [5.74, 6) is 0.552. The Labute approximate surface area is 123 Å². The summed E-state index contributed by atoms with van der Waals surface area (Å²) >= 11 is 5.78. The third-order valence-electron chi connectivity index (χ3n) is 3.20.